The minimum absolute atomic E-state index is 0. The second-order valence-corrected chi connectivity index (χ2v) is 11.1. The van der Waals surface area contributed by atoms with Crippen molar-refractivity contribution in [3.05, 3.63) is 0 Å². The molecule has 0 bridgehead atoms. The first-order chi connectivity index (χ1) is 14.3. The van der Waals surface area contributed by atoms with Crippen LogP contribution in [0.15, 0.2) is 0 Å². The molecule has 0 spiro atoms. The van der Waals surface area contributed by atoms with E-state index in [1.165, 1.54) is 0 Å². The summed E-state index contributed by atoms with van der Waals surface area (Å²) in [5, 5.41) is 6.44. The molecule has 0 aromatic heterocycles. The SMILES string of the molecule is C[C@]12CCC(OC(=O)[C@H]3CNCCN3)CC1C(=O)C[C@@H]1[C@H]2CC[C@]2(C)C(=O)CC[C@@H]12.Cl.Cl. The lowest BCUT2D eigenvalue weighted by Crippen LogP contribution is -2.58. The molecular formula is C24H38Cl2N2O4. The Hall–Kier alpha value is -0.690. The van der Waals surface area contributed by atoms with Crippen LogP contribution >= 0.6 is 24.8 Å². The maximum Gasteiger partial charge on any atom is 0.324 e. The summed E-state index contributed by atoms with van der Waals surface area (Å²) in [5.41, 5.74) is -0.209. The van der Waals surface area contributed by atoms with Gasteiger partial charge in [0.15, 0.2) is 0 Å². The van der Waals surface area contributed by atoms with Crippen LogP contribution in [0, 0.1) is 34.5 Å². The van der Waals surface area contributed by atoms with Crippen molar-refractivity contribution < 1.29 is 19.1 Å². The highest BCUT2D eigenvalue weighted by molar-refractivity contribution is 5.88. The lowest BCUT2D eigenvalue weighted by molar-refractivity contribution is -0.171. The van der Waals surface area contributed by atoms with Gasteiger partial charge in [-0.3, -0.25) is 14.4 Å². The van der Waals surface area contributed by atoms with Gasteiger partial charge in [0.05, 0.1) is 0 Å². The van der Waals surface area contributed by atoms with E-state index in [0.29, 0.717) is 55.1 Å². The minimum atomic E-state index is -0.283. The van der Waals surface area contributed by atoms with Gasteiger partial charge in [-0.15, -0.1) is 24.8 Å². The summed E-state index contributed by atoms with van der Waals surface area (Å²) in [4.78, 5) is 38.5. The zero-order chi connectivity index (χ0) is 21.1. The van der Waals surface area contributed by atoms with Crippen molar-refractivity contribution in [1.82, 2.24) is 10.6 Å². The highest BCUT2D eigenvalue weighted by Crippen LogP contribution is 2.64. The largest absolute Gasteiger partial charge is 0.461 e. The Labute approximate surface area is 203 Å². The molecule has 0 amide bonds. The van der Waals surface area contributed by atoms with Gasteiger partial charge in [-0.05, 0) is 61.7 Å². The molecule has 32 heavy (non-hydrogen) atoms. The van der Waals surface area contributed by atoms with Gasteiger partial charge in [0.2, 0.25) is 0 Å². The number of nitrogens with one attached hydrogen (secondary N) is 2. The summed E-state index contributed by atoms with van der Waals surface area (Å²) in [7, 11) is 0. The second-order valence-electron chi connectivity index (χ2n) is 11.1. The van der Waals surface area contributed by atoms with E-state index in [4.69, 9.17) is 4.74 Å². The second kappa shape index (κ2) is 9.52. The van der Waals surface area contributed by atoms with Crippen molar-refractivity contribution >= 4 is 42.3 Å². The Kier molecular flexibility index (Phi) is 7.71. The number of hydrogen-bond donors (Lipinski definition) is 2. The van der Waals surface area contributed by atoms with E-state index < -0.39 is 0 Å². The van der Waals surface area contributed by atoms with Crippen LogP contribution in [0.5, 0.6) is 0 Å². The van der Waals surface area contributed by atoms with Crippen molar-refractivity contribution in [2.24, 2.45) is 34.5 Å². The van der Waals surface area contributed by atoms with Crippen molar-refractivity contribution in [1.29, 1.82) is 0 Å². The van der Waals surface area contributed by atoms with Crippen LogP contribution in [0.25, 0.3) is 0 Å². The van der Waals surface area contributed by atoms with Gasteiger partial charge >= 0.3 is 5.97 Å². The van der Waals surface area contributed by atoms with Crippen LogP contribution in [0.1, 0.15) is 65.2 Å². The average molecular weight is 489 g/mol. The summed E-state index contributed by atoms with van der Waals surface area (Å²) in [6.45, 7) is 6.73. The van der Waals surface area contributed by atoms with Gasteiger partial charge in [0.1, 0.15) is 23.7 Å². The van der Waals surface area contributed by atoms with E-state index in [-0.39, 0.29) is 59.7 Å². The molecule has 2 N–H and O–H groups in total. The molecule has 5 aliphatic rings. The lowest BCUT2D eigenvalue weighted by Gasteiger charge is -2.59. The molecular weight excluding hydrogens is 451 g/mol. The van der Waals surface area contributed by atoms with Gasteiger partial charge in [0.25, 0.3) is 0 Å². The van der Waals surface area contributed by atoms with Crippen LogP contribution < -0.4 is 10.6 Å². The fourth-order valence-corrected chi connectivity index (χ4v) is 7.95. The molecule has 182 valence electrons. The number of carbonyl (C=O) groups excluding carboxylic acids is 3. The molecule has 4 saturated carbocycles. The topological polar surface area (TPSA) is 84.5 Å². The molecule has 0 aromatic carbocycles. The van der Waals surface area contributed by atoms with E-state index >= 15 is 0 Å². The van der Waals surface area contributed by atoms with Gasteiger partial charge in [0, 0.05) is 43.8 Å². The van der Waals surface area contributed by atoms with E-state index in [0.717, 1.165) is 45.2 Å². The number of ether oxygens (including phenoxy) is 1. The highest BCUT2D eigenvalue weighted by atomic mass is 35.5. The molecule has 5 rings (SSSR count). The molecule has 2 unspecified atom stereocenters. The quantitative estimate of drug-likeness (QED) is 0.580. The zero-order valence-electron chi connectivity index (χ0n) is 19.2. The smallest absolute Gasteiger partial charge is 0.324 e. The first-order valence-corrected chi connectivity index (χ1v) is 12.0. The number of Topliss-reactive ketones (excluding diaryl/α,β-unsaturated/α-hetero) is 2. The van der Waals surface area contributed by atoms with E-state index in [1.54, 1.807) is 0 Å². The summed E-state index contributed by atoms with van der Waals surface area (Å²) >= 11 is 0. The number of halogens is 2. The van der Waals surface area contributed by atoms with E-state index in [1.807, 2.05) is 0 Å². The summed E-state index contributed by atoms with van der Waals surface area (Å²) < 4.78 is 5.87. The van der Waals surface area contributed by atoms with Gasteiger partial charge in [-0.25, -0.2) is 0 Å². The summed E-state index contributed by atoms with van der Waals surface area (Å²) in [6, 6.07) is -0.283. The molecule has 8 heteroatoms. The maximum absolute atomic E-state index is 13.3. The number of fused-ring (bicyclic) bond motifs is 5. The fraction of sp³-hybridized carbons (Fsp3) is 0.875. The third kappa shape index (κ3) is 4.03. The van der Waals surface area contributed by atoms with Crippen LogP contribution in [0.2, 0.25) is 0 Å². The Morgan fingerprint density at radius 1 is 1.03 bits per heavy atom. The van der Waals surface area contributed by atoms with Gasteiger partial charge < -0.3 is 15.4 Å². The van der Waals surface area contributed by atoms with Gasteiger partial charge in [-0.1, -0.05) is 13.8 Å². The molecule has 0 radical (unpaired) electrons. The fourth-order valence-electron chi connectivity index (χ4n) is 7.95. The van der Waals surface area contributed by atoms with E-state index in [9.17, 15) is 14.4 Å². The normalized spacial score (nSPS) is 45.4. The number of esters is 1. The third-order valence-corrected chi connectivity index (χ3v) is 9.73. The van der Waals surface area contributed by atoms with E-state index in [2.05, 4.69) is 24.5 Å². The third-order valence-electron chi connectivity index (χ3n) is 9.73. The van der Waals surface area contributed by atoms with Gasteiger partial charge in [-0.2, -0.15) is 0 Å². The molecule has 1 heterocycles. The lowest BCUT2D eigenvalue weighted by atomic mass is 9.45. The molecule has 1 saturated heterocycles. The Bertz CT molecular complexity index is 758. The van der Waals surface area contributed by atoms with Crippen LogP contribution in [-0.4, -0.2) is 49.3 Å². The predicted octanol–water partition coefficient (Wildman–Crippen LogP) is 3.09. The van der Waals surface area contributed by atoms with Crippen molar-refractivity contribution in [2.45, 2.75) is 77.4 Å². The Balaban J connectivity index is 0.00000144. The molecule has 0 aromatic rings. The van der Waals surface area contributed by atoms with Crippen LogP contribution in [0.3, 0.4) is 0 Å². The standard InChI is InChI=1S/C24H36N2O4.2ClH/c1-23-7-5-14(30-22(29)19-13-25-9-10-26-19)11-18(23)20(27)12-15-16-3-4-21(28)24(16,2)8-6-17(15)23;;/h14-19,25-26H,3-13H2,1-2H3;2*1H/t14?,15-,16-,17+,18?,19+,23+,24-;;/m0../s1. The number of hydrogen-bond acceptors (Lipinski definition) is 6. The first-order valence-electron chi connectivity index (χ1n) is 12.0. The van der Waals surface area contributed by atoms with Crippen LogP contribution in [-0.2, 0) is 19.1 Å². The summed E-state index contributed by atoms with van der Waals surface area (Å²) in [5.74, 6) is 1.84. The monoisotopic (exact) mass is 488 g/mol. The van der Waals surface area contributed by atoms with Crippen molar-refractivity contribution in [2.75, 3.05) is 19.6 Å². The van der Waals surface area contributed by atoms with Crippen molar-refractivity contribution in [3.63, 3.8) is 0 Å². The number of piperazine rings is 1. The van der Waals surface area contributed by atoms with Crippen molar-refractivity contribution in [3.8, 4) is 0 Å². The highest BCUT2D eigenvalue weighted by Gasteiger charge is 2.62. The Morgan fingerprint density at radius 2 is 1.81 bits per heavy atom. The zero-order valence-corrected chi connectivity index (χ0v) is 20.8. The van der Waals surface area contributed by atoms with Crippen LogP contribution in [0.4, 0.5) is 0 Å². The number of ketones is 2. The summed E-state index contributed by atoms with van der Waals surface area (Å²) in [6.07, 6.45) is 6.62. The molecule has 5 fully saturated rings. The number of carbonyl (C=O) groups is 3. The maximum atomic E-state index is 13.3. The Morgan fingerprint density at radius 3 is 2.53 bits per heavy atom. The molecule has 1 aliphatic heterocycles. The molecule has 4 aliphatic carbocycles. The minimum Gasteiger partial charge on any atom is -0.461 e. The average Bonchev–Trinajstić information content (AvgIpc) is 3.04. The predicted molar refractivity (Wildman–Crippen MR) is 126 cm³/mol. The molecule has 8 atom stereocenters. The first kappa shape index (κ1) is 25.9. The number of rotatable bonds is 2. The molecule has 6 nitrogen and oxygen atoms in total.